The SMILES string of the molecule is COc1ccc(CCCN)cc1Nc1ncc(Cl)c(Nc2ccccc2S(=O)(=O)C(C)C)n1.COc1ccc(CCCNC(=O)C(F)(F)F)cc1Nc1ncc(Cl)c(Nc2ccccc2S(=O)(=O)C(C)C)n1. The first-order chi connectivity index (χ1) is 34.1. The van der Waals surface area contributed by atoms with Crippen molar-refractivity contribution in [3.63, 3.8) is 0 Å². The van der Waals surface area contributed by atoms with Crippen LogP contribution in [0.3, 0.4) is 0 Å². The molecule has 0 aliphatic rings. The van der Waals surface area contributed by atoms with Crippen LogP contribution in [-0.2, 0) is 37.3 Å². The van der Waals surface area contributed by atoms with Crippen molar-refractivity contribution in [2.24, 2.45) is 5.73 Å². The summed E-state index contributed by atoms with van der Waals surface area (Å²) in [5, 5.41) is 13.2. The molecule has 2 aromatic heterocycles. The molecule has 6 rings (SSSR count). The summed E-state index contributed by atoms with van der Waals surface area (Å²) in [7, 11) is -4.05. The maximum atomic E-state index is 12.8. The second kappa shape index (κ2) is 25.3. The summed E-state index contributed by atoms with van der Waals surface area (Å²) in [6.07, 6.45) is 0.237. The molecule has 1 amide bonds. The molecule has 24 heteroatoms. The molecule has 0 aliphatic heterocycles. The summed E-state index contributed by atoms with van der Waals surface area (Å²) < 4.78 is 99.0. The summed E-state index contributed by atoms with van der Waals surface area (Å²) in [5.41, 5.74) is 9.35. The number of ether oxygens (including phenoxy) is 2. The molecule has 0 spiro atoms. The van der Waals surface area contributed by atoms with E-state index in [1.54, 1.807) is 95.5 Å². The molecule has 72 heavy (non-hydrogen) atoms. The van der Waals surface area contributed by atoms with Crippen LogP contribution in [0, 0.1) is 0 Å². The highest BCUT2D eigenvalue weighted by Crippen LogP contribution is 2.35. The van der Waals surface area contributed by atoms with Gasteiger partial charge >= 0.3 is 12.1 Å². The van der Waals surface area contributed by atoms with Crippen molar-refractivity contribution in [2.45, 2.75) is 79.8 Å². The summed E-state index contributed by atoms with van der Waals surface area (Å²) >= 11 is 12.6. The van der Waals surface area contributed by atoms with Gasteiger partial charge in [0.2, 0.25) is 11.9 Å². The van der Waals surface area contributed by atoms with Gasteiger partial charge in [0.1, 0.15) is 21.5 Å². The zero-order chi connectivity index (χ0) is 52.8. The Morgan fingerprint density at radius 3 is 1.44 bits per heavy atom. The minimum absolute atomic E-state index is 0.102. The molecular formula is C48H55Cl2F3N10O7S2. The van der Waals surface area contributed by atoms with Gasteiger partial charge in [-0.2, -0.15) is 23.1 Å². The Balaban J connectivity index is 0.000000271. The lowest BCUT2D eigenvalue weighted by atomic mass is 10.1. The number of benzene rings is 4. The van der Waals surface area contributed by atoms with Gasteiger partial charge in [-0.25, -0.2) is 26.8 Å². The number of hydrogen-bond donors (Lipinski definition) is 6. The van der Waals surface area contributed by atoms with E-state index in [0.717, 1.165) is 24.0 Å². The fourth-order valence-corrected chi connectivity index (χ4v) is 9.27. The third-order valence-electron chi connectivity index (χ3n) is 10.5. The number of nitrogens with two attached hydrogens (primary N) is 1. The molecule has 17 nitrogen and oxygen atoms in total. The molecule has 2 heterocycles. The van der Waals surface area contributed by atoms with Gasteiger partial charge in [0, 0.05) is 6.54 Å². The van der Waals surface area contributed by atoms with E-state index in [-0.39, 0.29) is 56.3 Å². The molecule has 6 aromatic rings. The molecule has 0 bridgehead atoms. The van der Waals surface area contributed by atoms with Crippen LogP contribution in [0.15, 0.2) is 107 Å². The molecule has 0 atom stereocenters. The first-order valence-electron chi connectivity index (χ1n) is 22.3. The van der Waals surface area contributed by atoms with Gasteiger partial charge in [0.15, 0.2) is 31.3 Å². The summed E-state index contributed by atoms with van der Waals surface area (Å²) in [6, 6.07) is 24.0. The van der Waals surface area contributed by atoms with E-state index in [4.69, 9.17) is 38.4 Å². The highest BCUT2D eigenvalue weighted by atomic mass is 35.5. The van der Waals surface area contributed by atoms with Crippen molar-refractivity contribution in [3.8, 4) is 11.5 Å². The molecule has 0 saturated heterocycles. The number of methoxy groups -OCH3 is 2. The monoisotopic (exact) mass is 1070 g/mol. The maximum Gasteiger partial charge on any atom is 0.471 e. The van der Waals surface area contributed by atoms with Crippen molar-refractivity contribution in [1.29, 1.82) is 0 Å². The zero-order valence-electron chi connectivity index (χ0n) is 40.1. The van der Waals surface area contributed by atoms with Gasteiger partial charge in [-0.1, -0.05) is 59.6 Å². The molecule has 0 aliphatic carbocycles. The van der Waals surface area contributed by atoms with Crippen molar-refractivity contribution < 1.29 is 44.3 Å². The standard InChI is InChI=1S/C25H27ClF3N5O4S.C23H28ClN5O3S/c1-15(2)39(36,37)21-9-5-4-8-18(21)32-22-17(26)14-31-24(34-22)33-19-13-16(10-11-20(19)38-3)7-6-12-30-23(35)25(27,28)29;1-15(2)33(30,31)21-9-5-4-8-18(21)27-22-17(24)14-26-23(29-22)28-19-13-16(7-6-12-25)10-11-20(19)32-3/h4-5,8-11,13-15H,6-7,12H2,1-3H3,(H,30,35)(H2,31,32,33,34);4-5,8-11,13-15H,6-7,12,25H2,1-3H3,(H2,26,27,28,29). The smallest absolute Gasteiger partial charge is 0.471 e. The van der Waals surface area contributed by atoms with Gasteiger partial charge in [-0.3, -0.25) is 4.79 Å². The van der Waals surface area contributed by atoms with Crippen LogP contribution >= 0.6 is 23.2 Å². The van der Waals surface area contributed by atoms with Crippen molar-refractivity contribution in [1.82, 2.24) is 25.3 Å². The maximum absolute atomic E-state index is 12.8. The summed E-state index contributed by atoms with van der Waals surface area (Å²) in [4.78, 5) is 28.5. The highest BCUT2D eigenvalue weighted by molar-refractivity contribution is 7.92. The largest absolute Gasteiger partial charge is 0.495 e. The molecular weight excluding hydrogens is 1020 g/mol. The topological polar surface area (TPSA) is 242 Å². The number of amides is 1. The van der Waals surface area contributed by atoms with E-state index in [9.17, 15) is 34.8 Å². The quantitative estimate of drug-likeness (QED) is 0.0367. The third kappa shape index (κ3) is 15.0. The Labute approximate surface area is 426 Å². The van der Waals surface area contributed by atoms with E-state index in [1.165, 1.54) is 25.6 Å². The van der Waals surface area contributed by atoms with Crippen LogP contribution in [0.5, 0.6) is 11.5 Å². The number of aromatic nitrogens is 4. The number of hydrogen-bond acceptors (Lipinski definition) is 16. The summed E-state index contributed by atoms with van der Waals surface area (Å²) in [5.74, 6) is -0.0545. The van der Waals surface area contributed by atoms with Crippen LogP contribution in [-0.4, -0.2) is 86.7 Å². The number of sulfone groups is 2. The van der Waals surface area contributed by atoms with Crippen molar-refractivity contribution in [2.75, 3.05) is 48.6 Å². The Hall–Kier alpha value is -6.46. The molecule has 0 fully saturated rings. The lowest BCUT2D eigenvalue weighted by molar-refractivity contribution is -0.173. The minimum atomic E-state index is -4.92. The fraction of sp³-hybridized carbons (Fsp3) is 0.312. The van der Waals surface area contributed by atoms with Gasteiger partial charge < -0.3 is 41.8 Å². The third-order valence-corrected chi connectivity index (χ3v) is 15.5. The predicted molar refractivity (Wildman–Crippen MR) is 275 cm³/mol. The number of aryl methyl sites for hydroxylation is 2. The van der Waals surface area contributed by atoms with E-state index in [2.05, 4.69) is 41.2 Å². The molecule has 0 unspecified atom stereocenters. The van der Waals surface area contributed by atoms with Gasteiger partial charge in [0.25, 0.3) is 0 Å². The number of para-hydroxylation sites is 2. The van der Waals surface area contributed by atoms with E-state index < -0.39 is 42.3 Å². The Bertz CT molecular complexity index is 3060. The van der Waals surface area contributed by atoms with Gasteiger partial charge in [-0.05, 0) is 120 Å². The Morgan fingerprint density at radius 1 is 0.639 bits per heavy atom. The van der Waals surface area contributed by atoms with Crippen LogP contribution in [0.2, 0.25) is 10.0 Å². The second-order valence-electron chi connectivity index (χ2n) is 16.3. The van der Waals surface area contributed by atoms with Crippen molar-refractivity contribution >= 4 is 95.1 Å². The first-order valence-corrected chi connectivity index (χ1v) is 26.1. The molecule has 4 aromatic carbocycles. The minimum Gasteiger partial charge on any atom is -0.495 e. The lowest BCUT2D eigenvalue weighted by Gasteiger charge is -2.16. The van der Waals surface area contributed by atoms with E-state index >= 15 is 0 Å². The number of anilines is 8. The number of alkyl halides is 3. The van der Waals surface area contributed by atoms with Crippen LogP contribution < -0.4 is 41.8 Å². The number of rotatable bonds is 21. The second-order valence-corrected chi connectivity index (χ2v) is 22.0. The number of nitrogens with zero attached hydrogens (tertiary/aromatic N) is 4. The van der Waals surface area contributed by atoms with Crippen molar-refractivity contribution in [3.05, 3.63) is 118 Å². The molecule has 0 saturated carbocycles. The fourth-order valence-electron chi connectivity index (χ4n) is 6.59. The molecule has 7 N–H and O–H groups in total. The number of carbonyl (C=O) groups excluding carboxylic acids is 1. The number of halogens is 5. The van der Waals surface area contributed by atoms with Gasteiger partial charge in [0.05, 0.1) is 69.7 Å². The zero-order valence-corrected chi connectivity index (χ0v) is 43.2. The number of carbonyl (C=O) groups is 1. The lowest BCUT2D eigenvalue weighted by Crippen LogP contribution is -2.37. The number of nitrogens with one attached hydrogen (secondary N) is 5. The summed E-state index contributed by atoms with van der Waals surface area (Å²) in [6.45, 7) is 6.92. The van der Waals surface area contributed by atoms with Gasteiger partial charge in [-0.15, -0.1) is 0 Å². The van der Waals surface area contributed by atoms with E-state index in [1.807, 2.05) is 23.5 Å². The average Bonchev–Trinajstić information content (AvgIpc) is 3.34. The highest BCUT2D eigenvalue weighted by Gasteiger charge is 2.38. The van der Waals surface area contributed by atoms with Crippen LogP contribution in [0.4, 0.5) is 59.5 Å². The normalized spacial score (nSPS) is 11.6. The predicted octanol–water partition coefficient (Wildman–Crippen LogP) is 10.1. The Kier molecular flexibility index (Phi) is 19.8. The Morgan fingerprint density at radius 2 is 1.06 bits per heavy atom. The molecule has 0 radical (unpaired) electrons. The van der Waals surface area contributed by atoms with Crippen LogP contribution in [0.1, 0.15) is 51.7 Å². The molecule has 386 valence electrons. The van der Waals surface area contributed by atoms with Crippen LogP contribution in [0.25, 0.3) is 0 Å². The first kappa shape index (κ1) is 56.5. The average molecular weight is 1080 g/mol. The van der Waals surface area contributed by atoms with E-state index in [0.29, 0.717) is 47.2 Å².